The predicted molar refractivity (Wildman–Crippen MR) is 106 cm³/mol. The van der Waals surface area contributed by atoms with Crippen molar-refractivity contribution in [1.82, 2.24) is 5.32 Å². The van der Waals surface area contributed by atoms with Gasteiger partial charge in [0.05, 0.1) is 13.2 Å². The highest BCUT2D eigenvalue weighted by Gasteiger charge is 2.53. The minimum atomic E-state index is -0.0735. The number of hydrogen-bond donors (Lipinski definition) is 2. The maximum atomic E-state index is 5.91. The molecule has 2 aromatic carbocycles. The summed E-state index contributed by atoms with van der Waals surface area (Å²) in [6, 6.07) is 13.5. The molecule has 0 aliphatic carbocycles. The van der Waals surface area contributed by atoms with Crippen LogP contribution in [0.3, 0.4) is 0 Å². The molecule has 0 bridgehead atoms. The van der Waals surface area contributed by atoms with Gasteiger partial charge in [0.15, 0.2) is 0 Å². The third-order valence-electron chi connectivity index (χ3n) is 6.35. The van der Waals surface area contributed by atoms with Crippen molar-refractivity contribution in [3.8, 4) is 0 Å². The second-order valence-corrected chi connectivity index (χ2v) is 7.93. The van der Waals surface area contributed by atoms with E-state index in [-0.39, 0.29) is 5.66 Å². The molecular weight excluding hydrogens is 322 g/mol. The molecule has 3 heterocycles. The molecule has 26 heavy (non-hydrogen) atoms. The van der Waals surface area contributed by atoms with E-state index in [0.29, 0.717) is 5.92 Å². The van der Waals surface area contributed by atoms with Gasteiger partial charge < -0.3 is 20.3 Å². The van der Waals surface area contributed by atoms with E-state index in [1.165, 1.54) is 33.6 Å². The van der Waals surface area contributed by atoms with E-state index in [1.807, 2.05) is 0 Å². The van der Waals surface area contributed by atoms with Gasteiger partial charge in [0, 0.05) is 42.4 Å². The second kappa shape index (κ2) is 6.00. The number of hydrogen-bond acceptors (Lipinski definition) is 4. The summed E-state index contributed by atoms with van der Waals surface area (Å²) in [5.74, 6) is 0.448. The molecule has 0 saturated carbocycles. The summed E-state index contributed by atoms with van der Waals surface area (Å²) in [7, 11) is 0. The van der Waals surface area contributed by atoms with Crippen LogP contribution in [0, 0.1) is 13.8 Å². The molecule has 2 atom stereocenters. The maximum absolute atomic E-state index is 5.91. The van der Waals surface area contributed by atoms with E-state index in [9.17, 15) is 0 Å². The first kappa shape index (κ1) is 16.2. The molecule has 0 spiro atoms. The fourth-order valence-electron chi connectivity index (χ4n) is 5.07. The lowest BCUT2D eigenvalue weighted by atomic mass is 9.83. The maximum Gasteiger partial charge on any atom is 0.120 e. The Hall–Kier alpha value is -2.04. The zero-order valence-corrected chi connectivity index (χ0v) is 15.6. The second-order valence-electron chi connectivity index (χ2n) is 7.93. The van der Waals surface area contributed by atoms with Crippen LogP contribution in [0.4, 0.5) is 11.4 Å². The number of nitrogens with one attached hydrogen (secondary N) is 2. The van der Waals surface area contributed by atoms with E-state index in [4.69, 9.17) is 4.74 Å². The summed E-state index contributed by atoms with van der Waals surface area (Å²) >= 11 is 0. The van der Waals surface area contributed by atoms with E-state index in [0.717, 1.165) is 39.3 Å². The average Bonchev–Trinajstić information content (AvgIpc) is 2.78. The van der Waals surface area contributed by atoms with Gasteiger partial charge >= 0.3 is 0 Å². The first-order chi connectivity index (χ1) is 12.7. The lowest BCUT2D eigenvalue weighted by Gasteiger charge is -2.48. The molecule has 136 valence electrons. The van der Waals surface area contributed by atoms with Crippen molar-refractivity contribution < 1.29 is 4.74 Å². The van der Waals surface area contributed by atoms with Gasteiger partial charge in [-0.2, -0.15) is 0 Å². The monoisotopic (exact) mass is 349 g/mol. The Bertz CT molecular complexity index is 849. The molecular formula is C22H27N3O. The number of para-hydroxylation sites is 1. The predicted octanol–water partition coefficient (Wildman–Crippen LogP) is 3.54. The fraction of sp³-hybridized carbons (Fsp3) is 0.455. The van der Waals surface area contributed by atoms with E-state index in [1.54, 1.807) is 0 Å². The number of piperidine rings is 1. The molecule has 5 rings (SSSR count). The van der Waals surface area contributed by atoms with Crippen LogP contribution in [0.2, 0.25) is 0 Å². The number of benzene rings is 2. The van der Waals surface area contributed by atoms with Crippen molar-refractivity contribution in [3.63, 3.8) is 0 Å². The molecule has 2 N–H and O–H groups in total. The topological polar surface area (TPSA) is 36.5 Å². The van der Waals surface area contributed by atoms with E-state index in [2.05, 4.69) is 65.8 Å². The number of nitrogens with zero attached hydrogens (tertiary/aromatic N) is 1. The lowest BCUT2D eigenvalue weighted by Crippen LogP contribution is -2.61. The van der Waals surface area contributed by atoms with Crippen molar-refractivity contribution in [2.24, 2.45) is 0 Å². The van der Waals surface area contributed by atoms with E-state index >= 15 is 0 Å². The molecule has 4 nitrogen and oxygen atoms in total. The molecule has 2 aromatic rings. The zero-order valence-electron chi connectivity index (χ0n) is 15.6. The highest BCUT2D eigenvalue weighted by atomic mass is 16.5. The Kier molecular flexibility index (Phi) is 3.73. The van der Waals surface area contributed by atoms with Crippen LogP contribution < -0.4 is 15.5 Å². The van der Waals surface area contributed by atoms with Crippen molar-refractivity contribution in [2.45, 2.75) is 38.5 Å². The van der Waals surface area contributed by atoms with Crippen LogP contribution in [0.5, 0.6) is 0 Å². The fourth-order valence-corrected chi connectivity index (χ4v) is 5.07. The third-order valence-corrected chi connectivity index (χ3v) is 6.35. The van der Waals surface area contributed by atoms with Crippen LogP contribution in [-0.2, 0) is 11.3 Å². The molecule has 0 radical (unpaired) electrons. The first-order valence-electron chi connectivity index (χ1n) is 9.72. The Morgan fingerprint density at radius 3 is 3.08 bits per heavy atom. The Balaban J connectivity index is 1.66. The van der Waals surface area contributed by atoms with Crippen molar-refractivity contribution in [1.29, 1.82) is 0 Å². The van der Waals surface area contributed by atoms with Gasteiger partial charge in [-0.25, -0.2) is 0 Å². The third kappa shape index (κ3) is 2.29. The molecule has 0 aromatic heterocycles. The van der Waals surface area contributed by atoms with Gasteiger partial charge in [-0.05, 0) is 43.1 Å². The smallest absolute Gasteiger partial charge is 0.120 e. The van der Waals surface area contributed by atoms with Gasteiger partial charge in [-0.1, -0.05) is 30.3 Å². The largest absolute Gasteiger partial charge is 0.375 e. The highest BCUT2D eigenvalue weighted by molar-refractivity contribution is 5.72. The average molecular weight is 349 g/mol. The number of anilines is 2. The molecule has 3 aliphatic heterocycles. The van der Waals surface area contributed by atoms with Gasteiger partial charge in [-0.15, -0.1) is 0 Å². The normalized spacial score (nSPS) is 26.8. The number of ether oxygens (including phenoxy) is 1. The molecule has 4 heteroatoms. The summed E-state index contributed by atoms with van der Waals surface area (Å²) in [5, 5.41) is 7.67. The summed E-state index contributed by atoms with van der Waals surface area (Å²) < 4.78 is 5.91. The SMILES string of the molecule is Cc1ccc(C)c(N[C@]23CCNC[C@H]2c2cccc4c2N3CCOC4)c1. The Morgan fingerprint density at radius 2 is 2.15 bits per heavy atom. The summed E-state index contributed by atoms with van der Waals surface area (Å²) in [6.07, 6.45) is 1.08. The quantitative estimate of drug-likeness (QED) is 0.869. The van der Waals surface area contributed by atoms with Crippen LogP contribution in [-0.4, -0.2) is 31.9 Å². The van der Waals surface area contributed by atoms with Crippen LogP contribution in [0.25, 0.3) is 0 Å². The van der Waals surface area contributed by atoms with Gasteiger partial charge in [0.1, 0.15) is 5.66 Å². The van der Waals surface area contributed by atoms with E-state index < -0.39 is 0 Å². The van der Waals surface area contributed by atoms with Crippen molar-refractivity contribution in [2.75, 3.05) is 36.5 Å². The number of fused-ring (bicyclic) bond motifs is 3. The molecule has 0 unspecified atom stereocenters. The molecule has 1 saturated heterocycles. The van der Waals surface area contributed by atoms with Crippen LogP contribution in [0.1, 0.15) is 34.6 Å². The lowest BCUT2D eigenvalue weighted by molar-refractivity contribution is 0.128. The zero-order chi connectivity index (χ0) is 17.7. The van der Waals surface area contributed by atoms with Crippen LogP contribution in [0.15, 0.2) is 36.4 Å². The summed E-state index contributed by atoms with van der Waals surface area (Å²) in [4.78, 5) is 2.62. The number of aryl methyl sites for hydroxylation is 2. The van der Waals surface area contributed by atoms with Gasteiger partial charge in [0.2, 0.25) is 0 Å². The summed E-state index contributed by atoms with van der Waals surface area (Å²) in [5.41, 5.74) is 8.01. The highest BCUT2D eigenvalue weighted by Crippen LogP contribution is 2.52. The minimum Gasteiger partial charge on any atom is -0.375 e. The first-order valence-corrected chi connectivity index (χ1v) is 9.72. The van der Waals surface area contributed by atoms with Crippen molar-refractivity contribution in [3.05, 3.63) is 58.7 Å². The Labute approximate surface area is 155 Å². The molecule has 0 amide bonds. The summed E-state index contributed by atoms with van der Waals surface area (Å²) in [6.45, 7) is 8.87. The van der Waals surface area contributed by atoms with Crippen molar-refractivity contribution >= 4 is 11.4 Å². The minimum absolute atomic E-state index is 0.0735. The van der Waals surface area contributed by atoms with Gasteiger partial charge in [0.25, 0.3) is 0 Å². The van der Waals surface area contributed by atoms with Gasteiger partial charge in [-0.3, -0.25) is 0 Å². The number of rotatable bonds is 2. The molecule has 3 aliphatic rings. The van der Waals surface area contributed by atoms with Crippen LogP contribution >= 0.6 is 0 Å². The Morgan fingerprint density at radius 1 is 1.23 bits per heavy atom. The molecule has 1 fully saturated rings. The standard InChI is InChI=1S/C22H27N3O/c1-15-6-7-16(2)20(12-15)24-22-8-9-23-13-19(22)18-5-3-4-17-14-26-11-10-25(22)21(17)18/h3-7,12,19,23-24H,8-11,13-14H2,1-2H3/t19-,22-/m0/s1.